The van der Waals surface area contributed by atoms with E-state index in [0.29, 0.717) is 5.56 Å². The van der Waals surface area contributed by atoms with Gasteiger partial charge < -0.3 is 5.11 Å². The third-order valence-electron chi connectivity index (χ3n) is 5.15. The van der Waals surface area contributed by atoms with Gasteiger partial charge in [0.15, 0.2) is 9.84 Å². The summed E-state index contributed by atoms with van der Waals surface area (Å²) in [5, 5.41) is 13.6. The quantitative estimate of drug-likeness (QED) is 0.824. The number of hydrogen-bond acceptors (Lipinski definition) is 4. The Labute approximate surface area is 156 Å². The van der Waals surface area contributed by atoms with E-state index in [1.54, 1.807) is 12.1 Å². The lowest BCUT2D eigenvalue weighted by Crippen LogP contribution is -2.50. The molecule has 0 saturated carbocycles. The molecule has 0 aromatic heterocycles. The number of fused-ring (bicyclic) bond motifs is 1. The molecule has 0 spiro atoms. The van der Waals surface area contributed by atoms with Crippen molar-refractivity contribution in [2.45, 2.75) is 56.0 Å². The molecular weight excluding hydrogens is 346 g/mol. The molecule has 1 aliphatic rings. The topological polar surface area (TPSA) is 66.4 Å². The minimum absolute atomic E-state index is 0.0161. The largest absolute Gasteiger partial charge is 0.508 e. The third-order valence-corrected chi connectivity index (χ3v) is 7.11. The van der Waals surface area contributed by atoms with E-state index < -0.39 is 15.4 Å². The number of phenolic OH excluding ortho intramolecular Hbond substituents is 1. The van der Waals surface area contributed by atoms with Gasteiger partial charge in [-0.1, -0.05) is 63.1 Å². The number of nitrogens with one attached hydrogen (secondary N) is 1. The Morgan fingerprint density at radius 3 is 2.35 bits per heavy atom. The van der Waals surface area contributed by atoms with E-state index in [0.717, 1.165) is 31.2 Å². The Morgan fingerprint density at radius 2 is 1.73 bits per heavy atom. The van der Waals surface area contributed by atoms with Crippen LogP contribution in [0.3, 0.4) is 0 Å². The van der Waals surface area contributed by atoms with Gasteiger partial charge >= 0.3 is 0 Å². The molecule has 26 heavy (non-hydrogen) atoms. The minimum atomic E-state index is -3.52. The predicted molar refractivity (Wildman–Crippen MR) is 104 cm³/mol. The van der Waals surface area contributed by atoms with Crippen LogP contribution in [0.15, 0.2) is 53.4 Å². The highest BCUT2D eigenvalue weighted by atomic mass is 32.2. The maximum atomic E-state index is 13.2. The van der Waals surface area contributed by atoms with Gasteiger partial charge in [0.1, 0.15) is 5.75 Å². The lowest BCUT2D eigenvalue weighted by Gasteiger charge is -2.36. The highest BCUT2D eigenvalue weighted by Crippen LogP contribution is 2.39. The van der Waals surface area contributed by atoms with Gasteiger partial charge in [0, 0.05) is 5.54 Å². The van der Waals surface area contributed by atoms with Gasteiger partial charge in [0.25, 0.3) is 0 Å². The summed E-state index contributed by atoms with van der Waals surface area (Å²) in [5.74, 6) is 0.0409. The Kier molecular flexibility index (Phi) is 5.39. The number of benzene rings is 2. The summed E-state index contributed by atoms with van der Waals surface area (Å²) in [6.07, 6.45) is 3.41. The fraction of sp³-hybridized carbons (Fsp3) is 0.429. The minimum Gasteiger partial charge on any atom is -0.508 e. The number of aromatic hydroxyl groups is 1. The Morgan fingerprint density at radius 1 is 1.08 bits per heavy atom. The average molecular weight is 374 g/mol. The average Bonchev–Trinajstić information content (AvgIpc) is 2.69. The molecule has 4 nitrogen and oxygen atoms in total. The second-order valence-corrected chi connectivity index (χ2v) is 9.21. The van der Waals surface area contributed by atoms with Crippen molar-refractivity contribution in [2.75, 3.05) is 5.75 Å². The van der Waals surface area contributed by atoms with Crippen molar-refractivity contribution < 1.29 is 13.5 Å². The normalized spacial score (nSPS) is 20.9. The van der Waals surface area contributed by atoms with E-state index in [4.69, 9.17) is 0 Å². The van der Waals surface area contributed by atoms with Crippen LogP contribution in [0.25, 0.3) is 0 Å². The van der Waals surface area contributed by atoms with E-state index >= 15 is 0 Å². The van der Waals surface area contributed by atoms with E-state index in [1.807, 2.05) is 30.3 Å². The summed E-state index contributed by atoms with van der Waals surface area (Å²) < 4.78 is 26.5. The molecule has 0 amide bonds. The van der Waals surface area contributed by atoms with Crippen molar-refractivity contribution in [3.63, 3.8) is 0 Å². The number of rotatable bonds is 5. The summed E-state index contributed by atoms with van der Waals surface area (Å²) in [6, 6.07) is 14.4. The molecule has 0 fully saturated rings. The molecular formula is C21H27NO3S. The Hall–Kier alpha value is -1.85. The molecule has 1 atom stereocenters. The van der Waals surface area contributed by atoms with Gasteiger partial charge in [-0.25, -0.2) is 8.42 Å². The van der Waals surface area contributed by atoms with Crippen LogP contribution in [0.4, 0.5) is 0 Å². The number of hydrogen-bond donors (Lipinski definition) is 2. The molecule has 1 heterocycles. The Balaban J connectivity index is 2.23. The first-order valence-electron chi connectivity index (χ1n) is 9.29. The summed E-state index contributed by atoms with van der Waals surface area (Å²) in [5.41, 5.74) is 1.27. The molecule has 0 saturated heterocycles. The molecule has 2 N–H and O–H groups in total. The zero-order valence-electron chi connectivity index (χ0n) is 15.4. The van der Waals surface area contributed by atoms with Crippen molar-refractivity contribution >= 4 is 9.84 Å². The van der Waals surface area contributed by atoms with Gasteiger partial charge in [-0.15, -0.1) is 0 Å². The molecule has 1 aliphatic heterocycles. The second-order valence-electron chi connectivity index (χ2n) is 7.25. The molecule has 0 aliphatic carbocycles. The van der Waals surface area contributed by atoms with Crippen LogP contribution in [0.1, 0.15) is 56.7 Å². The third kappa shape index (κ3) is 3.64. The van der Waals surface area contributed by atoms with Crippen LogP contribution in [0.5, 0.6) is 5.75 Å². The number of phenols is 1. The molecule has 0 bridgehead atoms. The molecule has 3 rings (SSSR count). The molecule has 140 valence electrons. The van der Waals surface area contributed by atoms with Crippen LogP contribution in [0, 0.1) is 0 Å². The van der Waals surface area contributed by atoms with E-state index in [9.17, 15) is 13.5 Å². The SMILES string of the molecule is CCCC1(CCC)CS(=O)(=O)c2cc(O)ccc2C(c2ccccc2)N1. The first-order chi connectivity index (χ1) is 12.4. The highest BCUT2D eigenvalue weighted by molar-refractivity contribution is 7.91. The second kappa shape index (κ2) is 7.41. The van der Waals surface area contributed by atoms with Crippen molar-refractivity contribution in [3.8, 4) is 5.75 Å². The fourth-order valence-corrected chi connectivity index (χ4v) is 6.28. The van der Waals surface area contributed by atoms with Gasteiger partial charge in [-0.05, 0) is 36.1 Å². The van der Waals surface area contributed by atoms with Crippen LogP contribution >= 0.6 is 0 Å². The summed E-state index contributed by atoms with van der Waals surface area (Å²) >= 11 is 0. The lowest BCUT2D eigenvalue weighted by atomic mass is 9.87. The van der Waals surface area contributed by atoms with Crippen LogP contribution in [-0.4, -0.2) is 24.8 Å². The van der Waals surface area contributed by atoms with Crippen molar-refractivity contribution in [3.05, 3.63) is 59.7 Å². The van der Waals surface area contributed by atoms with Gasteiger partial charge in [-0.2, -0.15) is 0 Å². The first kappa shape index (κ1) is 18.9. The monoisotopic (exact) mass is 373 g/mol. The van der Waals surface area contributed by atoms with E-state index in [1.165, 1.54) is 6.07 Å². The van der Waals surface area contributed by atoms with Crippen molar-refractivity contribution in [1.82, 2.24) is 5.32 Å². The zero-order chi connectivity index (χ0) is 18.8. The summed E-state index contributed by atoms with van der Waals surface area (Å²) in [6.45, 7) is 4.18. The molecule has 2 aromatic rings. The molecule has 0 radical (unpaired) electrons. The molecule has 1 unspecified atom stereocenters. The maximum Gasteiger partial charge on any atom is 0.180 e. The number of sulfone groups is 1. The molecule has 5 heteroatoms. The Bertz CT molecular complexity index is 856. The first-order valence-corrected chi connectivity index (χ1v) is 10.9. The van der Waals surface area contributed by atoms with Crippen LogP contribution in [-0.2, 0) is 9.84 Å². The predicted octanol–water partition coefficient (Wildman–Crippen LogP) is 4.20. The van der Waals surface area contributed by atoms with Crippen molar-refractivity contribution in [2.24, 2.45) is 0 Å². The maximum absolute atomic E-state index is 13.2. The van der Waals surface area contributed by atoms with Crippen LogP contribution < -0.4 is 5.32 Å². The highest BCUT2D eigenvalue weighted by Gasteiger charge is 2.42. The van der Waals surface area contributed by atoms with E-state index in [-0.39, 0.29) is 22.4 Å². The zero-order valence-corrected chi connectivity index (χ0v) is 16.2. The molecule has 2 aromatic carbocycles. The summed E-state index contributed by atoms with van der Waals surface area (Å²) in [4.78, 5) is 0.243. The van der Waals surface area contributed by atoms with E-state index in [2.05, 4.69) is 19.2 Å². The van der Waals surface area contributed by atoms with Gasteiger partial charge in [0.05, 0.1) is 16.7 Å². The van der Waals surface area contributed by atoms with Crippen LogP contribution in [0.2, 0.25) is 0 Å². The fourth-order valence-electron chi connectivity index (χ4n) is 4.18. The van der Waals surface area contributed by atoms with Gasteiger partial charge in [0.2, 0.25) is 0 Å². The van der Waals surface area contributed by atoms with Gasteiger partial charge in [-0.3, -0.25) is 5.32 Å². The lowest BCUT2D eigenvalue weighted by molar-refractivity contribution is 0.287. The summed E-state index contributed by atoms with van der Waals surface area (Å²) in [7, 11) is -3.52. The smallest absolute Gasteiger partial charge is 0.180 e. The van der Waals surface area contributed by atoms with Crippen molar-refractivity contribution in [1.29, 1.82) is 0 Å². The standard InChI is InChI=1S/C21H27NO3S/c1-3-12-21(13-4-2)15-26(24,25)19-14-17(23)10-11-18(19)20(22-21)16-8-6-5-7-9-16/h5-11,14,20,22-23H,3-4,12-13,15H2,1-2H3.